The first-order valence-electron chi connectivity index (χ1n) is 13.4. The Morgan fingerprint density at radius 1 is 1.10 bits per heavy atom. The summed E-state index contributed by atoms with van der Waals surface area (Å²) in [5.41, 5.74) is 2.64. The molecule has 2 aromatic heterocycles. The number of imide groups is 1. The number of ether oxygens (including phenoxy) is 1. The van der Waals surface area contributed by atoms with E-state index < -0.39 is 23.7 Å². The van der Waals surface area contributed by atoms with E-state index in [0.29, 0.717) is 30.5 Å². The number of nitrogens with zero attached hydrogens (tertiary/aromatic N) is 4. The first-order chi connectivity index (χ1) is 18.9. The number of halogens is 2. The van der Waals surface area contributed by atoms with Crippen LogP contribution in [0.1, 0.15) is 53.2 Å². The second-order valence-electron chi connectivity index (χ2n) is 10.7. The van der Waals surface area contributed by atoms with Crippen LogP contribution in [0.3, 0.4) is 0 Å². The molecule has 3 aromatic rings. The van der Waals surface area contributed by atoms with Crippen LogP contribution < -0.4 is 5.32 Å². The molecular weight excluding hydrogens is 525 g/mol. The molecule has 4 aliphatic rings. The maximum atomic E-state index is 16.2. The van der Waals surface area contributed by atoms with Crippen molar-refractivity contribution in [2.24, 2.45) is 0 Å². The van der Waals surface area contributed by atoms with E-state index in [1.54, 1.807) is 12.1 Å². The van der Waals surface area contributed by atoms with E-state index in [1.807, 2.05) is 12.3 Å². The van der Waals surface area contributed by atoms with Crippen molar-refractivity contribution in [2.75, 3.05) is 26.3 Å². The number of carbonyl (C=O) groups is 3. The fourth-order valence-electron chi connectivity index (χ4n) is 6.17. The van der Waals surface area contributed by atoms with Crippen molar-refractivity contribution in [1.29, 1.82) is 0 Å². The van der Waals surface area contributed by atoms with Crippen LogP contribution in [0.5, 0.6) is 0 Å². The molecule has 39 heavy (non-hydrogen) atoms. The Balaban J connectivity index is 1.31. The van der Waals surface area contributed by atoms with Crippen LogP contribution >= 0.6 is 11.6 Å². The molecule has 6 heterocycles. The predicted octanol–water partition coefficient (Wildman–Crippen LogP) is 3.42. The third kappa shape index (κ3) is 3.96. The lowest BCUT2D eigenvalue weighted by Crippen LogP contribution is -2.52. The highest BCUT2D eigenvalue weighted by molar-refractivity contribution is 6.34. The number of aromatic nitrogens is 2. The van der Waals surface area contributed by atoms with Gasteiger partial charge in [0.25, 0.3) is 5.91 Å². The van der Waals surface area contributed by atoms with E-state index in [-0.39, 0.29) is 48.0 Å². The molecule has 7 rings (SSSR count). The Morgan fingerprint density at radius 3 is 2.59 bits per heavy atom. The third-order valence-corrected chi connectivity index (χ3v) is 8.81. The Labute approximate surface area is 228 Å². The van der Waals surface area contributed by atoms with Crippen molar-refractivity contribution in [3.8, 4) is 11.3 Å². The highest BCUT2D eigenvalue weighted by Crippen LogP contribution is 2.40. The Bertz CT molecular complexity index is 1540. The van der Waals surface area contributed by atoms with Gasteiger partial charge >= 0.3 is 0 Å². The number of likely N-dealkylation sites (tertiary alicyclic amines) is 1. The Kier molecular flexibility index (Phi) is 5.94. The van der Waals surface area contributed by atoms with Crippen molar-refractivity contribution in [2.45, 2.75) is 50.9 Å². The number of benzene rings is 1. The van der Waals surface area contributed by atoms with Gasteiger partial charge < -0.3 is 14.2 Å². The summed E-state index contributed by atoms with van der Waals surface area (Å²) in [5.74, 6) is -1.89. The summed E-state index contributed by atoms with van der Waals surface area (Å²) >= 11 is 7.02. The second-order valence-corrected chi connectivity index (χ2v) is 11.1. The van der Waals surface area contributed by atoms with Crippen molar-refractivity contribution in [3.63, 3.8) is 0 Å². The lowest BCUT2D eigenvalue weighted by atomic mass is 10.0. The molecule has 0 spiro atoms. The summed E-state index contributed by atoms with van der Waals surface area (Å²) in [6.07, 6.45) is 4.61. The zero-order valence-corrected chi connectivity index (χ0v) is 22.0. The van der Waals surface area contributed by atoms with E-state index in [2.05, 4.69) is 14.8 Å². The number of piperidine rings is 1. The minimum Gasteiger partial charge on any atom is -0.377 e. The number of rotatable bonds is 5. The average Bonchev–Trinajstić information content (AvgIpc) is 3.61. The van der Waals surface area contributed by atoms with Crippen molar-refractivity contribution in [1.82, 2.24) is 24.7 Å². The topological polar surface area (TPSA) is 96.8 Å². The molecule has 11 heteroatoms. The predicted molar refractivity (Wildman–Crippen MR) is 141 cm³/mol. The summed E-state index contributed by atoms with van der Waals surface area (Å²) in [5, 5.41) is 3.63. The van der Waals surface area contributed by atoms with Gasteiger partial charge in [-0.2, -0.15) is 0 Å². The number of pyridine rings is 1. The first-order valence-corrected chi connectivity index (χ1v) is 13.7. The highest BCUT2D eigenvalue weighted by atomic mass is 35.5. The van der Waals surface area contributed by atoms with Crippen LogP contribution in [0, 0.1) is 5.82 Å². The van der Waals surface area contributed by atoms with Crippen LogP contribution in [0.25, 0.3) is 22.3 Å². The summed E-state index contributed by atoms with van der Waals surface area (Å²) in [7, 11) is 0. The standard InChI is InChI=1S/C28H27ClFN5O4/c29-23-19(11-33-8-1-2-9-33)16-7-10-34(15-13-39-14-15)26(16)32-25(23)18-4-3-17-20(24(18)30)12-35(28(17)38)21-5-6-22(36)31-27(21)37/h3-4,7,10,15,21H,1-2,5-6,8-9,11-14H2,(H,31,36,37). The van der Waals surface area contributed by atoms with E-state index in [4.69, 9.17) is 21.3 Å². The van der Waals surface area contributed by atoms with E-state index >= 15 is 4.39 Å². The highest BCUT2D eigenvalue weighted by Gasteiger charge is 2.41. The van der Waals surface area contributed by atoms with Gasteiger partial charge in [0, 0.05) is 41.2 Å². The van der Waals surface area contributed by atoms with Crippen LogP contribution in [-0.2, 0) is 27.4 Å². The van der Waals surface area contributed by atoms with Gasteiger partial charge in [-0.05, 0) is 56.1 Å². The lowest BCUT2D eigenvalue weighted by molar-refractivity contribution is -0.136. The van der Waals surface area contributed by atoms with E-state index in [9.17, 15) is 14.4 Å². The van der Waals surface area contributed by atoms with E-state index in [1.165, 1.54) is 4.90 Å². The average molecular weight is 552 g/mol. The third-order valence-electron chi connectivity index (χ3n) is 8.40. The van der Waals surface area contributed by atoms with Gasteiger partial charge in [-0.15, -0.1) is 0 Å². The summed E-state index contributed by atoms with van der Waals surface area (Å²) in [6, 6.07) is 4.51. The summed E-state index contributed by atoms with van der Waals surface area (Å²) in [4.78, 5) is 45.8. The number of hydrogen-bond donors (Lipinski definition) is 1. The second kappa shape index (κ2) is 9.39. The monoisotopic (exact) mass is 551 g/mol. The van der Waals surface area contributed by atoms with Crippen molar-refractivity contribution >= 4 is 40.4 Å². The number of carbonyl (C=O) groups excluding carboxylic acids is 3. The smallest absolute Gasteiger partial charge is 0.255 e. The van der Waals surface area contributed by atoms with Gasteiger partial charge in [0.1, 0.15) is 17.5 Å². The molecule has 202 valence electrons. The SMILES string of the molecule is O=C1CCC(N2Cc3c(ccc(-c4nc5c(ccn5C5COC5)c(CN5CCCC5)c4Cl)c3F)C2=O)C(=O)N1. The molecule has 3 fully saturated rings. The molecule has 1 aromatic carbocycles. The summed E-state index contributed by atoms with van der Waals surface area (Å²) in [6.45, 7) is 3.74. The normalized spacial score (nSPS) is 22.1. The maximum Gasteiger partial charge on any atom is 0.255 e. The molecule has 1 unspecified atom stereocenters. The molecule has 0 aliphatic carbocycles. The number of nitrogens with one attached hydrogen (secondary N) is 1. The largest absolute Gasteiger partial charge is 0.377 e. The molecule has 9 nitrogen and oxygen atoms in total. The van der Waals surface area contributed by atoms with Gasteiger partial charge in [-0.1, -0.05) is 11.6 Å². The fraction of sp³-hybridized carbons (Fsp3) is 0.429. The molecule has 3 saturated heterocycles. The van der Waals surface area contributed by atoms with Crippen molar-refractivity contribution < 1.29 is 23.5 Å². The number of fused-ring (bicyclic) bond motifs is 2. The van der Waals surface area contributed by atoms with Gasteiger partial charge in [0.05, 0.1) is 36.5 Å². The van der Waals surface area contributed by atoms with Crippen LogP contribution in [0.2, 0.25) is 5.02 Å². The van der Waals surface area contributed by atoms with Crippen LogP contribution in [0.4, 0.5) is 4.39 Å². The quantitative estimate of drug-likeness (QED) is 0.488. The molecule has 3 amide bonds. The Hall–Kier alpha value is -3.34. The zero-order chi connectivity index (χ0) is 26.8. The first kappa shape index (κ1) is 24.7. The van der Waals surface area contributed by atoms with Gasteiger partial charge in [0.15, 0.2) is 0 Å². The number of amides is 3. The summed E-state index contributed by atoms with van der Waals surface area (Å²) < 4.78 is 23.7. The molecule has 1 N–H and O–H groups in total. The zero-order valence-electron chi connectivity index (χ0n) is 21.2. The van der Waals surface area contributed by atoms with Gasteiger partial charge in [-0.3, -0.25) is 24.6 Å². The number of hydrogen-bond acceptors (Lipinski definition) is 6. The van der Waals surface area contributed by atoms with E-state index in [0.717, 1.165) is 42.5 Å². The van der Waals surface area contributed by atoms with Crippen LogP contribution in [0.15, 0.2) is 24.4 Å². The molecule has 0 radical (unpaired) electrons. The lowest BCUT2D eigenvalue weighted by Gasteiger charge is -2.29. The minimum absolute atomic E-state index is 0.0591. The molecule has 4 aliphatic heterocycles. The minimum atomic E-state index is -0.816. The molecule has 1 atom stereocenters. The van der Waals surface area contributed by atoms with Gasteiger partial charge in [-0.25, -0.2) is 9.37 Å². The van der Waals surface area contributed by atoms with Crippen LogP contribution in [-0.4, -0.2) is 69.4 Å². The van der Waals surface area contributed by atoms with Crippen molar-refractivity contribution in [3.05, 3.63) is 51.9 Å². The molecule has 0 saturated carbocycles. The molecular formula is C28H27ClFN5O4. The molecule has 0 bridgehead atoms. The maximum absolute atomic E-state index is 16.2. The fourth-order valence-corrected chi connectivity index (χ4v) is 6.48. The van der Waals surface area contributed by atoms with Gasteiger partial charge in [0.2, 0.25) is 11.8 Å². The Morgan fingerprint density at radius 2 is 1.87 bits per heavy atom.